The van der Waals surface area contributed by atoms with Gasteiger partial charge in [-0.25, -0.2) is 9.59 Å². The molecule has 0 saturated heterocycles. The minimum absolute atomic E-state index is 0.135. The molecule has 0 radical (unpaired) electrons. The summed E-state index contributed by atoms with van der Waals surface area (Å²) in [5.74, 6) is -1.54. The molecule has 6 nitrogen and oxygen atoms in total. The molecule has 0 saturated carbocycles. The van der Waals surface area contributed by atoms with Gasteiger partial charge >= 0.3 is 11.9 Å². The van der Waals surface area contributed by atoms with Crippen LogP contribution in [0.4, 0.5) is 5.69 Å². The predicted molar refractivity (Wildman–Crippen MR) is 114 cm³/mol. The monoisotopic (exact) mass is 445 g/mol. The number of benzene rings is 2. The van der Waals surface area contributed by atoms with Crippen LogP contribution in [0.5, 0.6) is 0 Å². The maximum Gasteiger partial charge on any atom is 0.340 e. The summed E-state index contributed by atoms with van der Waals surface area (Å²) in [6.45, 7) is 1.64. The van der Waals surface area contributed by atoms with Gasteiger partial charge in [-0.1, -0.05) is 35.3 Å². The Morgan fingerprint density at radius 3 is 2.03 bits per heavy atom. The maximum atomic E-state index is 13.2. The molecule has 1 aliphatic rings. The third-order valence-corrected chi connectivity index (χ3v) is 4.97. The van der Waals surface area contributed by atoms with Crippen molar-refractivity contribution in [1.82, 2.24) is 0 Å². The van der Waals surface area contributed by atoms with Crippen LogP contribution < -0.4 is 4.90 Å². The molecule has 1 aliphatic heterocycles. The number of allylic oxidation sites excluding steroid dienone is 1. The van der Waals surface area contributed by atoms with E-state index in [1.807, 2.05) is 0 Å². The van der Waals surface area contributed by atoms with E-state index >= 15 is 0 Å². The summed E-state index contributed by atoms with van der Waals surface area (Å²) in [5.41, 5.74) is 2.10. The molecule has 30 heavy (non-hydrogen) atoms. The summed E-state index contributed by atoms with van der Waals surface area (Å²) in [5, 5.41) is 0.710. The van der Waals surface area contributed by atoms with Gasteiger partial charge in [-0.05, 0) is 48.9 Å². The van der Waals surface area contributed by atoms with Crippen LogP contribution in [0, 0.1) is 0 Å². The average Bonchev–Trinajstić information content (AvgIpc) is 2.96. The lowest BCUT2D eigenvalue weighted by Crippen LogP contribution is -2.24. The van der Waals surface area contributed by atoms with Crippen molar-refractivity contribution >= 4 is 52.8 Å². The predicted octanol–water partition coefficient (Wildman–Crippen LogP) is 4.66. The van der Waals surface area contributed by atoms with E-state index in [1.54, 1.807) is 55.5 Å². The summed E-state index contributed by atoms with van der Waals surface area (Å²) >= 11 is 12.2. The zero-order valence-electron chi connectivity index (χ0n) is 16.4. The number of nitrogens with zero attached hydrogens (tertiary/aromatic N) is 1. The van der Waals surface area contributed by atoms with Crippen molar-refractivity contribution < 1.29 is 23.9 Å². The molecule has 2 aromatic carbocycles. The van der Waals surface area contributed by atoms with E-state index in [0.717, 1.165) is 0 Å². The molecule has 0 fully saturated rings. The summed E-state index contributed by atoms with van der Waals surface area (Å²) in [4.78, 5) is 38.7. The van der Waals surface area contributed by atoms with Gasteiger partial charge in [0.15, 0.2) is 0 Å². The molecular weight excluding hydrogens is 429 g/mol. The van der Waals surface area contributed by atoms with Crippen LogP contribution in [0.15, 0.2) is 59.3 Å². The fourth-order valence-electron chi connectivity index (χ4n) is 3.16. The highest BCUT2D eigenvalue weighted by molar-refractivity contribution is 6.35. The van der Waals surface area contributed by atoms with Crippen molar-refractivity contribution in [2.75, 3.05) is 19.1 Å². The molecule has 0 atom stereocenters. The van der Waals surface area contributed by atoms with E-state index in [1.165, 1.54) is 19.1 Å². The molecule has 0 spiro atoms. The van der Waals surface area contributed by atoms with E-state index in [-0.39, 0.29) is 11.1 Å². The first-order chi connectivity index (χ1) is 14.3. The fraction of sp³-hybridized carbons (Fsp3) is 0.136. The number of methoxy groups -OCH3 is 2. The maximum absolute atomic E-state index is 13.2. The van der Waals surface area contributed by atoms with Crippen molar-refractivity contribution in [3.63, 3.8) is 0 Å². The molecule has 0 aromatic heterocycles. The molecule has 8 heteroatoms. The van der Waals surface area contributed by atoms with Gasteiger partial charge in [-0.15, -0.1) is 0 Å². The van der Waals surface area contributed by atoms with Crippen molar-refractivity contribution in [3.8, 4) is 0 Å². The standard InChI is InChI=1S/C22H17Cl2NO5/c1-12-19(22(28)30-3)18(8-13-4-6-14(7-5-13)21(27)29-2)20(26)25(12)17-10-15(23)9-16(24)11-17/h4-11H,1-3H3. The average molecular weight is 446 g/mol. The number of amides is 1. The van der Waals surface area contributed by atoms with Gasteiger partial charge in [0.2, 0.25) is 0 Å². The van der Waals surface area contributed by atoms with E-state index in [9.17, 15) is 14.4 Å². The first kappa shape index (κ1) is 21.6. The Morgan fingerprint density at radius 2 is 1.50 bits per heavy atom. The van der Waals surface area contributed by atoms with E-state index in [4.69, 9.17) is 27.9 Å². The third kappa shape index (κ3) is 4.10. The Labute approximate surface area is 183 Å². The van der Waals surface area contributed by atoms with Crippen LogP contribution >= 0.6 is 23.2 Å². The lowest BCUT2D eigenvalue weighted by atomic mass is 10.0. The minimum atomic E-state index is -0.645. The van der Waals surface area contributed by atoms with E-state index < -0.39 is 17.8 Å². The van der Waals surface area contributed by atoms with Crippen molar-refractivity contribution in [3.05, 3.63) is 80.5 Å². The summed E-state index contributed by atoms with van der Waals surface area (Å²) in [7, 11) is 2.54. The molecule has 0 unspecified atom stereocenters. The molecule has 3 rings (SSSR count). The van der Waals surface area contributed by atoms with Gasteiger partial charge in [-0.3, -0.25) is 9.69 Å². The van der Waals surface area contributed by atoms with Gasteiger partial charge in [0.05, 0.1) is 36.6 Å². The van der Waals surface area contributed by atoms with Crippen LogP contribution in [-0.2, 0) is 19.1 Å². The fourth-order valence-corrected chi connectivity index (χ4v) is 3.67. The van der Waals surface area contributed by atoms with Crippen molar-refractivity contribution in [2.24, 2.45) is 0 Å². The van der Waals surface area contributed by atoms with Crippen LogP contribution in [0.2, 0.25) is 10.0 Å². The minimum Gasteiger partial charge on any atom is -0.465 e. The van der Waals surface area contributed by atoms with Gasteiger partial charge in [0.25, 0.3) is 5.91 Å². The summed E-state index contributed by atoms with van der Waals surface area (Å²) < 4.78 is 9.57. The largest absolute Gasteiger partial charge is 0.465 e. The van der Waals surface area contributed by atoms with Crippen molar-refractivity contribution in [1.29, 1.82) is 0 Å². The highest BCUT2D eigenvalue weighted by Gasteiger charge is 2.38. The highest BCUT2D eigenvalue weighted by atomic mass is 35.5. The molecule has 0 bridgehead atoms. The number of carbonyl (C=O) groups is 3. The molecule has 0 aliphatic carbocycles. The number of anilines is 1. The lowest BCUT2D eigenvalue weighted by molar-refractivity contribution is -0.136. The topological polar surface area (TPSA) is 72.9 Å². The van der Waals surface area contributed by atoms with Crippen LogP contribution in [0.25, 0.3) is 6.08 Å². The molecule has 1 heterocycles. The first-order valence-electron chi connectivity index (χ1n) is 8.77. The Morgan fingerprint density at radius 1 is 0.933 bits per heavy atom. The molecule has 1 amide bonds. The van der Waals surface area contributed by atoms with Gasteiger partial charge in [0.1, 0.15) is 0 Å². The second-order valence-corrected chi connectivity index (χ2v) is 7.26. The quantitative estimate of drug-likeness (QED) is 0.505. The summed E-state index contributed by atoms with van der Waals surface area (Å²) in [6, 6.07) is 11.1. The Bertz CT molecular complexity index is 1080. The van der Waals surface area contributed by atoms with Gasteiger partial charge in [0, 0.05) is 15.7 Å². The second kappa shape index (κ2) is 8.73. The number of halogens is 2. The Kier molecular flexibility index (Phi) is 6.29. The Hall–Kier alpha value is -3.09. The van der Waals surface area contributed by atoms with E-state index in [0.29, 0.717) is 32.6 Å². The third-order valence-electron chi connectivity index (χ3n) is 4.54. The first-order valence-corrected chi connectivity index (χ1v) is 9.52. The number of hydrogen-bond donors (Lipinski definition) is 0. The van der Waals surface area contributed by atoms with Gasteiger partial charge in [-0.2, -0.15) is 0 Å². The second-order valence-electron chi connectivity index (χ2n) is 6.39. The highest BCUT2D eigenvalue weighted by Crippen LogP contribution is 2.37. The molecule has 2 aromatic rings. The number of esters is 2. The molecule has 154 valence electrons. The number of ether oxygens (including phenoxy) is 2. The number of carbonyl (C=O) groups excluding carboxylic acids is 3. The lowest BCUT2D eigenvalue weighted by Gasteiger charge is -2.18. The summed E-state index contributed by atoms with van der Waals surface area (Å²) in [6.07, 6.45) is 1.56. The van der Waals surface area contributed by atoms with Crippen LogP contribution in [-0.4, -0.2) is 32.1 Å². The Balaban J connectivity index is 2.09. The van der Waals surface area contributed by atoms with Gasteiger partial charge < -0.3 is 9.47 Å². The van der Waals surface area contributed by atoms with E-state index in [2.05, 4.69) is 4.74 Å². The number of rotatable bonds is 4. The zero-order valence-corrected chi connectivity index (χ0v) is 17.9. The normalized spacial score (nSPS) is 15.0. The SMILES string of the molecule is COC(=O)C1=C(C)N(c2cc(Cl)cc(Cl)c2)C(=O)C1=Cc1ccc(C(=O)OC)cc1. The van der Waals surface area contributed by atoms with Crippen LogP contribution in [0.1, 0.15) is 22.8 Å². The smallest absolute Gasteiger partial charge is 0.340 e. The van der Waals surface area contributed by atoms with Crippen LogP contribution in [0.3, 0.4) is 0 Å². The number of hydrogen-bond acceptors (Lipinski definition) is 5. The molecule has 0 N–H and O–H groups in total. The zero-order chi connectivity index (χ0) is 22.0. The van der Waals surface area contributed by atoms with Crippen molar-refractivity contribution in [2.45, 2.75) is 6.92 Å². The molecular formula is C22H17Cl2NO5.